The summed E-state index contributed by atoms with van der Waals surface area (Å²) in [6.45, 7) is 4.28. The van der Waals surface area contributed by atoms with Gasteiger partial charge >= 0.3 is 0 Å². The fraction of sp³-hybridized carbons (Fsp3) is 0.133. The van der Waals surface area contributed by atoms with Crippen LogP contribution in [0.1, 0.15) is 11.1 Å². The predicted molar refractivity (Wildman–Crippen MR) is 74.5 cm³/mol. The average molecular weight is 239 g/mol. The summed E-state index contributed by atoms with van der Waals surface area (Å²) in [5.41, 5.74) is 8.22. The van der Waals surface area contributed by atoms with Gasteiger partial charge in [-0.2, -0.15) is 0 Å². The number of thiazole rings is 1. The molecule has 0 spiro atoms. The number of hydrogen-bond donors (Lipinski definition) is 0. The topological polar surface area (TPSA) is 12.9 Å². The summed E-state index contributed by atoms with van der Waals surface area (Å²) in [6.07, 6.45) is 0. The lowest BCUT2D eigenvalue weighted by atomic mass is 9.99. The van der Waals surface area contributed by atoms with E-state index in [9.17, 15) is 0 Å². The van der Waals surface area contributed by atoms with Gasteiger partial charge in [0.2, 0.25) is 0 Å². The number of hydrogen-bond acceptors (Lipinski definition) is 2. The van der Waals surface area contributed by atoms with E-state index in [0.717, 1.165) is 5.52 Å². The van der Waals surface area contributed by atoms with Crippen molar-refractivity contribution in [3.63, 3.8) is 0 Å². The zero-order valence-corrected chi connectivity index (χ0v) is 10.7. The molecular formula is C15H13NS. The molecule has 0 amide bonds. The standard InChI is InChI=1S/C15H13NS/c1-10-3-6-12(7-4-10)14-11(2)5-8-13-15(14)17-9-16-13/h3-9H,1-2H3. The minimum atomic E-state index is 1.09. The first-order valence-electron chi connectivity index (χ1n) is 5.65. The average Bonchev–Trinajstić information content (AvgIpc) is 2.79. The molecule has 3 aromatic rings. The van der Waals surface area contributed by atoms with Gasteiger partial charge in [-0.15, -0.1) is 11.3 Å². The number of fused-ring (bicyclic) bond motifs is 1. The van der Waals surface area contributed by atoms with Crippen LogP contribution in [0.15, 0.2) is 41.9 Å². The zero-order valence-electron chi connectivity index (χ0n) is 9.90. The Bertz CT molecular complexity index is 665. The van der Waals surface area contributed by atoms with Gasteiger partial charge in [0.25, 0.3) is 0 Å². The van der Waals surface area contributed by atoms with Gasteiger partial charge < -0.3 is 0 Å². The first-order chi connectivity index (χ1) is 8.25. The van der Waals surface area contributed by atoms with Crippen molar-refractivity contribution in [3.8, 4) is 11.1 Å². The molecule has 0 bridgehead atoms. The molecular weight excluding hydrogens is 226 g/mol. The Labute approximate surface area is 105 Å². The second-order valence-electron chi connectivity index (χ2n) is 4.32. The molecule has 0 saturated carbocycles. The highest BCUT2D eigenvalue weighted by Crippen LogP contribution is 2.33. The van der Waals surface area contributed by atoms with Crippen LogP contribution >= 0.6 is 11.3 Å². The number of aromatic nitrogens is 1. The summed E-state index contributed by atoms with van der Waals surface area (Å²) in [5.74, 6) is 0. The van der Waals surface area contributed by atoms with Crippen molar-refractivity contribution < 1.29 is 0 Å². The van der Waals surface area contributed by atoms with Gasteiger partial charge in [0, 0.05) is 5.56 Å². The maximum absolute atomic E-state index is 4.38. The normalized spacial score (nSPS) is 10.9. The Morgan fingerprint density at radius 1 is 0.941 bits per heavy atom. The van der Waals surface area contributed by atoms with Crippen molar-refractivity contribution in [2.45, 2.75) is 13.8 Å². The van der Waals surface area contributed by atoms with Gasteiger partial charge in [0.15, 0.2) is 0 Å². The summed E-state index contributed by atoms with van der Waals surface area (Å²) in [4.78, 5) is 4.38. The largest absolute Gasteiger partial charge is 0.245 e. The summed E-state index contributed by atoms with van der Waals surface area (Å²) in [5, 5.41) is 0. The molecule has 0 fully saturated rings. The van der Waals surface area contributed by atoms with E-state index >= 15 is 0 Å². The van der Waals surface area contributed by atoms with E-state index in [0.29, 0.717) is 0 Å². The van der Waals surface area contributed by atoms with Crippen molar-refractivity contribution in [2.75, 3.05) is 0 Å². The van der Waals surface area contributed by atoms with E-state index in [1.807, 2.05) is 5.51 Å². The lowest BCUT2D eigenvalue weighted by Gasteiger charge is -2.07. The van der Waals surface area contributed by atoms with E-state index in [1.165, 1.54) is 27.0 Å². The Kier molecular flexibility index (Phi) is 2.45. The van der Waals surface area contributed by atoms with Crippen LogP contribution in [0.5, 0.6) is 0 Å². The quantitative estimate of drug-likeness (QED) is 0.605. The lowest BCUT2D eigenvalue weighted by Crippen LogP contribution is -1.84. The summed E-state index contributed by atoms with van der Waals surface area (Å²) < 4.78 is 1.29. The number of aryl methyl sites for hydroxylation is 2. The Morgan fingerprint density at radius 3 is 2.47 bits per heavy atom. The minimum absolute atomic E-state index is 1.09. The van der Waals surface area contributed by atoms with Crippen molar-refractivity contribution in [3.05, 3.63) is 53.0 Å². The molecule has 0 aliphatic heterocycles. The molecule has 2 heteroatoms. The molecule has 0 atom stereocenters. The molecule has 0 N–H and O–H groups in total. The van der Waals surface area contributed by atoms with Crippen LogP contribution in [0.4, 0.5) is 0 Å². The predicted octanol–water partition coefficient (Wildman–Crippen LogP) is 4.58. The van der Waals surface area contributed by atoms with E-state index < -0.39 is 0 Å². The second-order valence-corrected chi connectivity index (χ2v) is 5.18. The molecule has 84 valence electrons. The Balaban J connectivity index is 2.31. The van der Waals surface area contributed by atoms with Crippen LogP contribution in [0.2, 0.25) is 0 Å². The second kappa shape index (κ2) is 3.97. The molecule has 0 saturated heterocycles. The van der Waals surface area contributed by atoms with Crippen LogP contribution < -0.4 is 0 Å². The molecule has 2 aromatic carbocycles. The maximum Gasteiger partial charge on any atom is 0.0818 e. The monoisotopic (exact) mass is 239 g/mol. The molecule has 0 radical (unpaired) electrons. The molecule has 1 heterocycles. The van der Waals surface area contributed by atoms with Crippen LogP contribution in [0.3, 0.4) is 0 Å². The van der Waals surface area contributed by atoms with Gasteiger partial charge in [0.05, 0.1) is 15.7 Å². The zero-order chi connectivity index (χ0) is 11.8. The highest BCUT2D eigenvalue weighted by molar-refractivity contribution is 7.17. The fourth-order valence-corrected chi connectivity index (χ4v) is 3.02. The van der Waals surface area contributed by atoms with Gasteiger partial charge in [-0.05, 0) is 31.0 Å². The molecule has 0 aliphatic carbocycles. The van der Waals surface area contributed by atoms with Gasteiger partial charge in [0.1, 0.15) is 0 Å². The lowest BCUT2D eigenvalue weighted by molar-refractivity contribution is 1.44. The first kappa shape index (κ1) is 10.5. The Morgan fingerprint density at radius 2 is 1.71 bits per heavy atom. The van der Waals surface area contributed by atoms with Gasteiger partial charge in [-0.25, -0.2) is 4.98 Å². The molecule has 3 rings (SSSR count). The highest BCUT2D eigenvalue weighted by atomic mass is 32.1. The smallest absolute Gasteiger partial charge is 0.0818 e. The van der Waals surface area contributed by atoms with Crippen molar-refractivity contribution >= 4 is 21.6 Å². The summed E-state index contributed by atoms with van der Waals surface area (Å²) >= 11 is 1.72. The van der Waals surface area contributed by atoms with Crippen molar-refractivity contribution in [2.24, 2.45) is 0 Å². The fourth-order valence-electron chi connectivity index (χ4n) is 2.11. The highest BCUT2D eigenvalue weighted by Gasteiger charge is 2.08. The SMILES string of the molecule is Cc1ccc(-c2c(C)ccc3ncsc23)cc1. The molecule has 0 unspecified atom stereocenters. The van der Waals surface area contributed by atoms with Crippen LogP contribution in [-0.2, 0) is 0 Å². The molecule has 0 aliphatic rings. The Hall–Kier alpha value is -1.67. The van der Waals surface area contributed by atoms with Gasteiger partial charge in [-0.3, -0.25) is 0 Å². The van der Waals surface area contributed by atoms with E-state index in [1.54, 1.807) is 11.3 Å². The molecule has 1 aromatic heterocycles. The molecule has 1 nitrogen and oxygen atoms in total. The van der Waals surface area contributed by atoms with Gasteiger partial charge in [-0.1, -0.05) is 35.9 Å². The number of benzene rings is 2. The van der Waals surface area contributed by atoms with Crippen LogP contribution in [-0.4, -0.2) is 4.98 Å². The third kappa shape index (κ3) is 1.75. The minimum Gasteiger partial charge on any atom is -0.245 e. The third-order valence-corrected chi connectivity index (χ3v) is 3.91. The van der Waals surface area contributed by atoms with Crippen molar-refractivity contribution in [1.82, 2.24) is 4.98 Å². The van der Waals surface area contributed by atoms with E-state index in [2.05, 4.69) is 55.2 Å². The number of rotatable bonds is 1. The number of nitrogens with zero attached hydrogens (tertiary/aromatic N) is 1. The van der Waals surface area contributed by atoms with Crippen LogP contribution in [0.25, 0.3) is 21.3 Å². The first-order valence-corrected chi connectivity index (χ1v) is 6.53. The van der Waals surface area contributed by atoms with Crippen molar-refractivity contribution in [1.29, 1.82) is 0 Å². The molecule has 17 heavy (non-hydrogen) atoms. The van der Waals surface area contributed by atoms with Crippen LogP contribution in [0, 0.1) is 13.8 Å². The van der Waals surface area contributed by atoms with E-state index in [-0.39, 0.29) is 0 Å². The third-order valence-electron chi connectivity index (χ3n) is 3.05. The van der Waals surface area contributed by atoms with E-state index in [4.69, 9.17) is 0 Å². The summed E-state index contributed by atoms with van der Waals surface area (Å²) in [7, 11) is 0. The summed E-state index contributed by atoms with van der Waals surface area (Å²) in [6, 6.07) is 13.0. The maximum atomic E-state index is 4.38.